The van der Waals surface area contributed by atoms with Crippen LogP contribution in [0, 0.1) is 5.92 Å². The molecule has 7 nitrogen and oxygen atoms in total. The zero-order valence-corrected chi connectivity index (χ0v) is 17.9. The average Bonchev–Trinajstić information content (AvgIpc) is 2.84. The number of hydrogen-bond acceptors (Lipinski definition) is 6. The van der Waals surface area contributed by atoms with Crippen LogP contribution in [0.4, 0.5) is 11.6 Å². The lowest BCUT2D eigenvalue weighted by Gasteiger charge is -2.32. The third-order valence-electron chi connectivity index (χ3n) is 5.56. The summed E-state index contributed by atoms with van der Waals surface area (Å²) < 4.78 is 5.88. The topological polar surface area (TPSA) is 93.4 Å². The molecule has 7 heteroatoms. The van der Waals surface area contributed by atoms with Crippen LogP contribution in [0.1, 0.15) is 12.8 Å². The zero-order valence-electron chi connectivity index (χ0n) is 17.9. The number of rotatable bonds is 7. The molecule has 2 aromatic carbocycles. The van der Waals surface area contributed by atoms with Gasteiger partial charge in [0.1, 0.15) is 29.5 Å². The number of para-hydroxylation sites is 1. The zero-order chi connectivity index (χ0) is 22.3. The monoisotopic (exact) mass is 429 g/mol. The van der Waals surface area contributed by atoms with Crippen molar-refractivity contribution in [3.8, 4) is 22.6 Å². The standard InChI is InChI=1S/C25H27N5O2/c1-2-22(31)30-14-6-7-18(16-30)15-27-25-23(24(26)28-17-29-25)19-10-12-21(13-11-19)32-20-8-4-3-5-9-20/h2-5,8-13,17-18H,1,6-7,14-16H2,(H3,26,27,28,29)/t18-/m0/s1. The third kappa shape index (κ3) is 5.06. The average molecular weight is 430 g/mol. The van der Waals surface area contributed by atoms with E-state index < -0.39 is 0 Å². The van der Waals surface area contributed by atoms with Gasteiger partial charge in [0, 0.05) is 19.6 Å². The molecule has 1 atom stereocenters. The van der Waals surface area contributed by atoms with Crippen LogP contribution in [0.25, 0.3) is 11.1 Å². The summed E-state index contributed by atoms with van der Waals surface area (Å²) in [6.07, 6.45) is 4.87. The maximum Gasteiger partial charge on any atom is 0.245 e. The molecule has 1 saturated heterocycles. The number of benzene rings is 2. The summed E-state index contributed by atoms with van der Waals surface area (Å²) in [6.45, 7) is 5.78. The van der Waals surface area contributed by atoms with E-state index in [1.54, 1.807) is 0 Å². The number of piperidine rings is 1. The Labute approximate surface area is 187 Å². The van der Waals surface area contributed by atoms with Gasteiger partial charge >= 0.3 is 0 Å². The Hall–Kier alpha value is -3.87. The van der Waals surface area contributed by atoms with Gasteiger partial charge in [0.05, 0.1) is 5.56 Å². The van der Waals surface area contributed by atoms with E-state index in [9.17, 15) is 4.79 Å². The maximum absolute atomic E-state index is 12.0. The molecular weight excluding hydrogens is 402 g/mol. The molecule has 3 aromatic rings. The number of likely N-dealkylation sites (tertiary alicyclic amines) is 1. The van der Waals surface area contributed by atoms with Crippen molar-refractivity contribution in [3.63, 3.8) is 0 Å². The normalized spacial score (nSPS) is 15.8. The van der Waals surface area contributed by atoms with Crippen molar-refractivity contribution in [2.24, 2.45) is 5.92 Å². The predicted octanol–water partition coefficient (Wildman–Crippen LogP) is 4.35. The van der Waals surface area contributed by atoms with Gasteiger partial charge in [-0.25, -0.2) is 9.97 Å². The Morgan fingerprint density at radius 2 is 1.91 bits per heavy atom. The van der Waals surface area contributed by atoms with E-state index in [1.165, 1.54) is 12.4 Å². The molecule has 1 fully saturated rings. The Morgan fingerprint density at radius 3 is 2.66 bits per heavy atom. The Kier molecular flexibility index (Phi) is 6.65. The van der Waals surface area contributed by atoms with Gasteiger partial charge in [0.15, 0.2) is 0 Å². The number of amides is 1. The molecule has 2 heterocycles. The van der Waals surface area contributed by atoms with Crippen molar-refractivity contribution in [1.82, 2.24) is 14.9 Å². The maximum atomic E-state index is 12.0. The molecule has 32 heavy (non-hydrogen) atoms. The molecule has 0 unspecified atom stereocenters. The van der Waals surface area contributed by atoms with Crippen molar-refractivity contribution >= 4 is 17.5 Å². The number of nitrogens with one attached hydrogen (secondary N) is 1. The summed E-state index contributed by atoms with van der Waals surface area (Å²) in [6, 6.07) is 17.3. The highest BCUT2D eigenvalue weighted by Gasteiger charge is 2.23. The summed E-state index contributed by atoms with van der Waals surface area (Å²) >= 11 is 0. The second-order valence-electron chi connectivity index (χ2n) is 7.80. The highest BCUT2D eigenvalue weighted by Crippen LogP contribution is 2.33. The van der Waals surface area contributed by atoms with Crippen LogP contribution in [0.15, 0.2) is 73.6 Å². The van der Waals surface area contributed by atoms with E-state index in [1.807, 2.05) is 59.5 Å². The van der Waals surface area contributed by atoms with E-state index in [0.29, 0.717) is 30.6 Å². The van der Waals surface area contributed by atoms with Gasteiger partial charge in [0.25, 0.3) is 0 Å². The second kappa shape index (κ2) is 9.96. The highest BCUT2D eigenvalue weighted by molar-refractivity contribution is 5.87. The van der Waals surface area contributed by atoms with Crippen LogP contribution in [0.3, 0.4) is 0 Å². The number of anilines is 2. The number of nitrogen functional groups attached to an aromatic ring is 1. The number of aromatic nitrogens is 2. The van der Waals surface area contributed by atoms with E-state index in [2.05, 4.69) is 21.9 Å². The van der Waals surface area contributed by atoms with Crippen molar-refractivity contribution in [1.29, 1.82) is 0 Å². The first-order valence-corrected chi connectivity index (χ1v) is 10.7. The van der Waals surface area contributed by atoms with Crippen LogP contribution in [-0.2, 0) is 4.79 Å². The highest BCUT2D eigenvalue weighted by atomic mass is 16.5. The minimum Gasteiger partial charge on any atom is -0.457 e. The van der Waals surface area contributed by atoms with Crippen molar-refractivity contribution in [2.45, 2.75) is 12.8 Å². The van der Waals surface area contributed by atoms with E-state index >= 15 is 0 Å². The second-order valence-corrected chi connectivity index (χ2v) is 7.80. The molecule has 0 saturated carbocycles. The van der Waals surface area contributed by atoms with Crippen LogP contribution >= 0.6 is 0 Å². The number of hydrogen-bond donors (Lipinski definition) is 2. The molecular formula is C25H27N5O2. The smallest absolute Gasteiger partial charge is 0.245 e. The lowest BCUT2D eigenvalue weighted by Crippen LogP contribution is -2.41. The van der Waals surface area contributed by atoms with Gasteiger partial charge in [-0.15, -0.1) is 0 Å². The number of carbonyl (C=O) groups is 1. The van der Waals surface area contributed by atoms with Crippen LogP contribution in [-0.4, -0.2) is 40.4 Å². The van der Waals surface area contributed by atoms with Gasteiger partial charge in [-0.1, -0.05) is 36.9 Å². The molecule has 1 aliphatic rings. The Balaban J connectivity index is 1.47. The molecule has 0 radical (unpaired) electrons. The minimum atomic E-state index is -0.0144. The summed E-state index contributed by atoms with van der Waals surface area (Å²) in [7, 11) is 0. The molecule has 1 aromatic heterocycles. The van der Waals surface area contributed by atoms with E-state index in [4.69, 9.17) is 10.5 Å². The largest absolute Gasteiger partial charge is 0.457 e. The van der Waals surface area contributed by atoms with Crippen LogP contribution < -0.4 is 15.8 Å². The quantitative estimate of drug-likeness (QED) is 0.542. The molecule has 1 amide bonds. The van der Waals surface area contributed by atoms with E-state index in [0.717, 1.165) is 42.0 Å². The summed E-state index contributed by atoms with van der Waals surface area (Å²) in [5, 5.41) is 3.43. The van der Waals surface area contributed by atoms with Crippen LogP contribution in [0.5, 0.6) is 11.5 Å². The van der Waals surface area contributed by atoms with E-state index in [-0.39, 0.29) is 5.91 Å². The van der Waals surface area contributed by atoms with Crippen molar-refractivity contribution < 1.29 is 9.53 Å². The Morgan fingerprint density at radius 1 is 1.16 bits per heavy atom. The Bertz CT molecular complexity index is 1070. The van der Waals surface area contributed by atoms with Gasteiger partial charge in [-0.2, -0.15) is 0 Å². The number of nitrogens with two attached hydrogens (primary N) is 1. The lowest BCUT2D eigenvalue weighted by atomic mass is 9.97. The van der Waals surface area contributed by atoms with Crippen LogP contribution in [0.2, 0.25) is 0 Å². The number of nitrogens with zero attached hydrogens (tertiary/aromatic N) is 3. The lowest BCUT2D eigenvalue weighted by molar-refractivity contribution is -0.127. The fourth-order valence-electron chi connectivity index (χ4n) is 3.93. The first-order valence-electron chi connectivity index (χ1n) is 10.7. The summed E-state index contributed by atoms with van der Waals surface area (Å²) in [4.78, 5) is 22.4. The molecule has 164 valence electrons. The van der Waals surface area contributed by atoms with Crippen molar-refractivity contribution in [3.05, 3.63) is 73.6 Å². The van der Waals surface area contributed by atoms with Crippen molar-refractivity contribution in [2.75, 3.05) is 30.7 Å². The molecule has 0 bridgehead atoms. The fourth-order valence-corrected chi connectivity index (χ4v) is 3.93. The molecule has 4 rings (SSSR count). The number of ether oxygens (including phenoxy) is 1. The third-order valence-corrected chi connectivity index (χ3v) is 5.56. The van der Waals surface area contributed by atoms with Gasteiger partial charge < -0.3 is 20.7 Å². The molecule has 0 spiro atoms. The predicted molar refractivity (Wildman–Crippen MR) is 126 cm³/mol. The van der Waals surface area contributed by atoms with Gasteiger partial charge in [0.2, 0.25) is 5.91 Å². The van der Waals surface area contributed by atoms with Gasteiger partial charge in [-0.3, -0.25) is 4.79 Å². The molecule has 0 aliphatic carbocycles. The molecule has 1 aliphatic heterocycles. The fraction of sp³-hybridized carbons (Fsp3) is 0.240. The van der Waals surface area contributed by atoms with Gasteiger partial charge in [-0.05, 0) is 54.7 Å². The SMILES string of the molecule is C=CC(=O)N1CCC[C@@H](CNc2ncnc(N)c2-c2ccc(Oc3ccccc3)cc2)C1. The summed E-state index contributed by atoms with van der Waals surface area (Å²) in [5.41, 5.74) is 7.88. The minimum absolute atomic E-state index is 0.0144. The first kappa shape index (κ1) is 21.4. The molecule has 3 N–H and O–H groups in total. The summed E-state index contributed by atoms with van der Waals surface area (Å²) in [5.74, 6) is 2.92. The first-order chi connectivity index (χ1) is 15.6. The number of carbonyl (C=O) groups excluding carboxylic acids is 1.